The number of carbonyl (C=O) groups excluding carboxylic acids is 2. The summed E-state index contributed by atoms with van der Waals surface area (Å²) in [6.07, 6.45) is 46.2. The molecule has 2 atom stereocenters. The number of esters is 2. The van der Waals surface area contributed by atoms with E-state index in [2.05, 4.69) is 54.8 Å². The van der Waals surface area contributed by atoms with Gasteiger partial charge in [-0.05, 0) is 70.6 Å². The lowest BCUT2D eigenvalue weighted by molar-refractivity contribution is -0.161. The molecule has 0 radical (unpaired) electrons. The highest BCUT2D eigenvalue weighted by atomic mass is 31.2. The number of carbonyl (C=O) groups is 2. The molecule has 0 aliphatic carbocycles. The standard InChI is InChI=1S/C44H81O8P/c1-4-6-8-10-12-14-16-18-20-22-23-25-26-28-30-32-34-36-38-43(45)50-40-42(41-51-53(47,48)49-3)52-44(46)39-37-35-33-31-29-27-24-21-19-17-15-13-11-9-7-5-2/h15,17,20-22,24,42H,4-14,16,18-19,23,25-41H2,1-3H3,(H,47,48)/b17-15-,22-20-,24-21-. The molecule has 0 fully saturated rings. The van der Waals surface area contributed by atoms with Gasteiger partial charge in [-0.15, -0.1) is 0 Å². The van der Waals surface area contributed by atoms with Crippen molar-refractivity contribution in [2.24, 2.45) is 0 Å². The molecule has 0 saturated heterocycles. The van der Waals surface area contributed by atoms with Crippen LogP contribution in [0.4, 0.5) is 0 Å². The Balaban J connectivity index is 4.01. The van der Waals surface area contributed by atoms with Crippen LogP contribution in [-0.4, -0.2) is 43.3 Å². The van der Waals surface area contributed by atoms with Gasteiger partial charge in [0.1, 0.15) is 6.61 Å². The molecule has 0 rings (SSSR count). The van der Waals surface area contributed by atoms with E-state index in [4.69, 9.17) is 14.0 Å². The van der Waals surface area contributed by atoms with Crippen LogP contribution in [0.5, 0.6) is 0 Å². The molecule has 1 N–H and O–H groups in total. The molecule has 0 spiro atoms. The molecular weight excluding hydrogens is 687 g/mol. The van der Waals surface area contributed by atoms with Crippen molar-refractivity contribution in [1.29, 1.82) is 0 Å². The number of allylic oxidation sites excluding steroid dienone is 6. The number of phosphoric ester groups is 1. The molecule has 53 heavy (non-hydrogen) atoms. The highest BCUT2D eigenvalue weighted by molar-refractivity contribution is 7.47. The lowest BCUT2D eigenvalue weighted by Crippen LogP contribution is -2.29. The topological polar surface area (TPSA) is 108 Å². The highest BCUT2D eigenvalue weighted by Crippen LogP contribution is 2.42. The zero-order valence-electron chi connectivity index (χ0n) is 34.4. The molecule has 0 amide bonds. The second kappa shape index (κ2) is 39.9. The van der Waals surface area contributed by atoms with E-state index < -0.39 is 26.5 Å². The van der Waals surface area contributed by atoms with E-state index in [1.807, 2.05) is 0 Å². The maximum absolute atomic E-state index is 12.5. The van der Waals surface area contributed by atoms with E-state index >= 15 is 0 Å². The summed E-state index contributed by atoms with van der Waals surface area (Å²) in [5.74, 6) is -0.821. The second-order valence-electron chi connectivity index (χ2n) is 14.5. The zero-order valence-corrected chi connectivity index (χ0v) is 35.3. The van der Waals surface area contributed by atoms with E-state index in [0.717, 1.165) is 64.9 Å². The molecule has 0 aromatic heterocycles. The van der Waals surface area contributed by atoms with Crippen molar-refractivity contribution in [3.8, 4) is 0 Å². The second-order valence-corrected chi connectivity index (χ2v) is 16.0. The Morgan fingerprint density at radius 2 is 0.906 bits per heavy atom. The van der Waals surface area contributed by atoms with E-state index in [1.54, 1.807) is 0 Å². The summed E-state index contributed by atoms with van der Waals surface area (Å²) in [7, 11) is -3.21. The number of phosphoric acid groups is 1. The molecule has 310 valence electrons. The molecule has 2 unspecified atom stereocenters. The summed E-state index contributed by atoms with van der Waals surface area (Å²) >= 11 is 0. The first-order chi connectivity index (χ1) is 25.8. The Kier molecular flexibility index (Phi) is 38.6. The monoisotopic (exact) mass is 769 g/mol. The lowest BCUT2D eigenvalue weighted by atomic mass is 10.1. The Bertz CT molecular complexity index is 963. The average molecular weight is 769 g/mol. The largest absolute Gasteiger partial charge is 0.472 e. The summed E-state index contributed by atoms with van der Waals surface area (Å²) in [5, 5.41) is 0. The summed E-state index contributed by atoms with van der Waals surface area (Å²) in [6.45, 7) is 3.86. The van der Waals surface area contributed by atoms with E-state index in [0.29, 0.717) is 6.42 Å². The van der Waals surface area contributed by atoms with Gasteiger partial charge in [0.05, 0.1) is 6.61 Å². The molecule has 8 nitrogen and oxygen atoms in total. The van der Waals surface area contributed by atoms with Crippen molar-refractivity contribution in [3.63, 3.8) is 0 Å². The first-order valence-corrected chi connectivity index (χ1v) is 23.2. The molecule has 0 aliphatic rings. The highest BCUT2D eigenvalue weighted by Gasteiger charge is 2.24. The van der Waals surface area contributed by atoms with Gasteiger partial charge in [0, 0.05) is 20.0 Å². The first-order valence-electron chi connectivity index (χ1n) is 21.7. The van der Waals surface area contributed by atoms with Gasteiger partial charge in [-0.2, -0.15) is 0 Å². The van der Waals surface area contributed by atoms with Crippen LogP contribution in [0.15, 0.2) is 36.5 Å². The van der Waals surface area contributed by atoms with Crippen molar-refractivity contribution < 1.29 is 37.6 Å². The van der Waals surface area contributed by atoms with Crippen LogP contribution < -0.4 is 0 Å². The molecule has 0 saturated carbocycles. The Labute approximate surface area is 325 Å². The van der Waals surface area contributed by atoms with Crippen LogP contribution in [0.25, 0.3) is 0 Å². The van der Waals surface area contributed by atoms with Crippen LogP contribution in [0.2, 0.25) is 0 Å². The number of rotatable bonds is 40. The normalized spacial score (nSPS) is 13.7. The molecule has 0 aromatic carbocycles. The number of hydrogen-bond acceptors (Lipinski definition) is 7. The van der Waals surface area contributed by atoms with E-state index in [9.17, 15) is 19.0 Å². The van der Waals surface area contributed by atoms with E-state index in [1.165, 1.54) is 116 Å². The third-order valence-electron chi connectivity index (χ3n) is 9.36. The fraction of sp³-hybridized carbons (Fsp3) is 0.818. The van der Waals surface area contributed by atoms with Gasteiger partial charge >= 0.3 is 19.8 Å². The average Bonchev–Trinajstić information content (AvgIpc) is 3.15. The van der Waals surface area contributed by atoms with Gasteiger partial charge in [0.2, 0.25) is 0 Å². The van der Waals surface area contributed by atoms with Crippen LogP contribution in [0, 0.1) is 0 Å². The van der Waals surface area contributed by atoms with Gasteiger partial charge in [0.25, 0.3) is 0 Å². The predicted molar refractivity (Wildman–Crippen MR) is 221 cm³/mol. The Morgan fingerprint density at radius 1 is 0.528 bits per heavy atom. The summed E-state index contributed by atoms with van der Waals surface area (Å²) in [4.78, 5) is 34.5. The Morgan fingerprint density at radius 3 is 1.36 bits per heavy atom. The number of unbranched alkanes of at least 4 members (excludes halogenated alkanes) is 23. The van der Waals surface area contributed by atoms with Gasteiger partial charge in [-0.25, -0.2) is 4.57 Å². The van der Waals surface area contributed by atoms with Crippen molar-refractivity contribution in [2.45, 2.75) is 213 Å². The van der Waals surface area contributed by atoms with Gasteiger partial charge < -0.3 is 14.4 Å². The summed E-state index contributed by atoms with van der Waals surface area (Å²) < 4.78 is 32.0. The molecule has 0 aliphatic heterocycles. The van der Waals surface area contributed by atoms with Gasteiger partial charge in [-0.3, -0.25) is 18.6 Å². The maximum Gasteiger partial charge on any atom is 0.472 e. The molecular formula is C44H81O8P. The van der Waals surface area contributed by atoms with Crippen LogP contribution in [0.3, 0.4) is 0 Å². The third-order valence-corrected chi connectivity index (χ3v) is 10.3. The zero-order chi connectivity index (χ0) is 38.9. The Hall–Kier alpha value is -1.73. The van der Waals surface area contributed by atoms with E-state index in [-0.39, 0.29) is 25.4 Å². The van der Waals surface area contributed by atoms with Crippen molar-refractivity contribution in [3.05, 3.63) is 36.5 Å². The van der Waals surface area contributed by atoms with Crippen molar-refractivity contribution >= 4 is 19.8 Å². The number of ether oxygens (including phenoxy) is 2. The predicted octanol–water partition coefficient (Wildman–Crippen LogP) is 13.6. The minimum atomic E-state index is -4.27. The summed E-state index contributed by atoms with van der Waals surface area (Å²) in [5.41, 5.74) is 0. The van der Waals surface area contributed by atoms with Crippen molar-refractivity contribution in [1.82, 2.24) is 0 Å². The van der Waals surface area contributed by atoms with Crippen LogP contribution in [-0.2, 0) is 32.7 Å². The third kappa shape index (κ3) is 39.8. The molecule has 0 aromatic rings. The molecule has 9 heteroatoms. The van der Waals surface area contributed by atoms with Gasteiger partial charge in [-0.1, -0.05) is 159 Å². The fourth-order valence-electron chi connectivity index (χ4n) is 5.98. The smallest absolute Gasteiger partial charge is 0.462 e. The fourth-order valence-corrected chi connectivity index (χ4v) is 6.44. The minimum Gasteiger partial charge on any atom is -0.462 e. The quantitative estimate of drug-likeness (QED) is 0.0284. The molecule has 0 heterocycles. The van der Waals surface area contributed by atoms with Crippen LogP contribution >= 0.6 is 7.82 Å². The number of hydrogen-bond donors (Lipinski definition) is 1. The maximum atomic E-state index is 12.5. The first kappa shape index (κ1) is 51.3. The SMILES string of the molecule is CCCCCC/C=C\C/C=C\CCCCCCCC(=O)OC(COC(=O)CCCCCCCCC/C=C\CCCCCCCCC)COP(=O)(O)OC. The summed E-state index contributed by atoms with van der Waals surface area (Å²) in [6, 6.07) is 0. The molecule has 0 bridgehead atoms. The lowest BCUT2D eigenvalue weighted by Gasteiger charge is -2.19. The van der Waals surface area contributed by atoms with Crippen molar-refractivity contribution in [2.75, 3.05) is 20.3 Å². The van der Waals surface area contributed by atoms with Crippen LogP contribution in [0.1, 0.15) is 206 Å². The minimum absolute atomic E-state index is 0.228. The van der Waals surface area contributed by atoms with Gasteiger partial charge in [0.15, 0.2) is 6.10 Å².